The quantitative estimate of drug-likeness (QED) is 0.399. The highest BCUT2D eigenvalue weighted by Crippen LogP contribution is 2.36. The first kappa shape index (κ1) is 25.3. The average molecular weight is 510 g/mol. The molecule has 4 rings (SSSR count). The van der Waals surface area contributed by atoms with E-state index in [1.165, 1.54) is 40.6 Å². The van der Waals surface area contributed by atoms with E-state index in [2.05, 4.69) is 35.4 Å². The molecule has 2 aromatic heterocycles. The van der Waals surface area contributed by atoms with Crippen LogP contribution in [0.2, 0.25) is 0 Å². The number of ether oxygens (including phenoxy) is 1. The van der Waals surface area contributed by atoms with Crippen LogP contribution in [0.3, 0.4) is 0 Å². The zero-order chi connectivity index (χ0) is 24.9. The van der Waals surface area contributed by atoms with E-state index in [-0.39, 0.29) is 17.8 Å². The van der Waals surface area contributed by atoms with E-state index < -0.39 is 0 Å². The highest BCUT2D eigenvalue weighted by atomic mass is 32.2. The normalized spacial score (nSPS) is 14.4. The average Bonchev–Trinajstić information content (AvgIpc) is 3.33. The SMILES string of the molecule is Cc1ccc(OC(C)c2nnc(SCC(=O)Nc3sc4c(c3C#N)CCCCCC4)n2C)cc1C. The van der Waals surface area contributed by atoms with Crippen molar-refractivity contribution >= 4 is 34.0 Å². The summed E-state index contributed by atoms with van der Waals surface area (Å²) < 4.78 is 7.94. The molecule has 1 unspecified atom stereocenters. The van der Waals surface area contributed by atoms with Gasteiger partial charge in [-0.2, -0.15) is 5.26 Å². The van der Waals surface area contributed by atoms with E-state index in [4.69, 9.17) is 4.74 Å². The van der Waals surface area contributed by atoms with Crippen molar-refractivity contribution in [3.63, 3.8) is 0 Å². The summed E-state index contributed by atoms with van der Waals surface area (Å²) in [5, 5.41) is 22.6. The Kier molecular flexibility index (Phi) is 8.14. The van der Waals surface area contributed by atoms with E-state index in [0.717, 1.165) is 37.0 Å². The molecule has 0 fully saturated rings. The second-order valence-corrected chi connectivity index (χ2v) is 11.0. The molecular weight excluding hydrogens is 478 g/mol. The van der Waals surface area contributed by atoms with Crippen molar-refractivity contribution in [2.45, 2.75) is 70.6 Å². The number of thiophene rings is 1. The number of hydrogen-bond donors (Lipinski definition) is 1. The molecule has 0 aliphatic heterocycles. The minimum atomic E-state index is -0.290. The van der Waals surface area contributed by atoms with Gasteiger partial charge in [0.15, 0.2) is 17.1 Å². The standard InChI is InChI=1S/C26H31N5O2S2/c1-16-11-12-19(13-17(16)2)33-18(3)24-29-30-26(31(24)4)34-15-23(32)28-25-21(14-27)20-9-7-5-6-8-10-22(20)35-25/h11-13,18H,5-10,15H2,1-4H3,(H,28,32). The van der Waals surface area contributed by atoms with Gasteiger partial charge in [0.25, 0.3) is 0 Å². The lowest BCUT2D eigenvalue weighted by molar-refractivity contribution is -0.113. The molecule has 1 aliphatic carbocycles. The Hall–Kier alpha value is -2.83. The molecule has 1 N–H and O–H groups in total. The van der Waals surface area contributed by atoms with Gasteiger partial charge in [-0.1, -0.05) is 30.7 Å². The molecule has 3 aromatic rings. The van der Waals surface area contributed by atoms with E-state index in [9.17, 15) is 10.1 Å². The predicted octanol–water partition coefficient (Wildman–Crippen LogP) is 5.89. The van der Waals surface area contributed by atoms with Gasteiger partial charge in [-0.3, -0.25) is 4.79 Å². The first-order valence-corrected chi connectivity index (χ1v) is 13.8. The fourth-order valence-electron chi connectivity index (χ4n) is 4.27. The zero-order valence-corrected chi connectivity index (χ0v) is 22.3. The number of nitriles is 1. The third-order valence-corrected chi connectivity index (χ3v) is 8.62. The lowest BCUT2D eigenvalue weighted by atomic mass is 9.97. The van der Waals surface area contributed by atoms with Crippen molar-refractivity contribution in [3.05, 3.63) is 51.2 Å². The molecular formula is C26H31N5O2S2. The number of carbonyl (C=O) groups excluding carboxylic acids is 1. The van der Waals surface area contributed by atoms with Gasteiger partial charge in [0.2, 0.25) is 5.91 Å². The van der Waals surface area contributed by atoms with Gasteiger partial charge in [-0.15, -0.1) is 21.5 Å². The highest BCUT2D eigenvalue weighted by Gasteiger charge is 2.22. The number of benzene rings is 1. The minimum absolute atomic E-state index is 0.148. The van der Waals surface area contributed by atoms with Crippen LogP contribution >= 0.6 is 23.1 Å². The molecule has 0 radical (unpaired) electrons. The number of hydrogen-bond acceptors (Lipinski definition) is 7. The Bertz CT molecular complexity index is 1260. The molecule has 184 valence electrons. The molecule has 1 aromatic carbocycles. The number of fused-ring (bicyclic) bond motifs is 1. The number of nitrogens with one attached hydrogen (secondary N) is 1. The molecule has 1 amide bonds. The summed E-state index contributed by atoms with van der Waals surface area (Å²) in [6.45, 7) is 6.07. The predicted molar refractivity (Wildman–Crippen MR) is 140 cm³/mol. The summed E-state index contributed by atoms with van der Waals surface area (Å²) >= 11 is 2.88. The van der Waals surface area contributed by atoms with E-state index >= 15 is 0 Å². The topological polar surface area (TPSA) is 92.8 Å². The lowest BCUT2D eigenvalue weighted by Gasteiger charge is -2.15. The molecule has 0 spiro atoms. The number of aryl methyl sites for hydroxylation is 3. The van der Waals surface area contributed by atoms with Crippen molar-refractivity contribution in [2.24, 2.45) is 7.05 Å². The number of amides is 1. The van der Waals surface area contributed by atoms with Crippen LogP contribution in [0.25, 0.3) is 0 Å². The van der Waals surface area contributed by atoms with Crippen LogP contribution in [-0.2, 0) is 24.7 Å². The first-order chi connectivity index (χ1) is 16.9. The van der Waals surface area contributed by atoms with E-state index in [1.54, 1.807) is 11.3 Å². The Labute approximate surface area is 214 Å². The van der Waals surface area contributed by atoms with Gasteiger partial charge in [0.1, 0.15) is 16.8 Å². The maximum atomic E-state index is 12.7. The number of nitrogens with zero attached hydrogens (tertiary/aromatic N) is 4. The fraction of sp³-hybridized carbons (Fsp3) is 0.462. The monoisotopic (exact) mass is 509 g/mol. The second kappa shape index (κ2) is 11.3. The number of aromatic nitrogens is 3. The maximum absolute atomic E-state index is 12.7. The summed E-state index contributed by atoms with van der Waals surface area (Å²) in [7, 11) is 1.88. The maximum Gasteiger partial charge on any atom is 0.235 e. The highest BCUT2D eigenvalue weighted by molar-refractivity contribution is 7.99. The second-order valence-electron chi connectivity index (χ2n) is 8.98. The summed E-state index contributed by atoms with van der Waals surface area (Å²) in [5.41, 5.74) is 4.17. The van der Waals surface area contributed by atoms with Crippen LogP contribution < -0.4 is 10.1 Å². The molecule has 7 nitrogen and oxygen atoms in total. The van der Waals surface area contributed by atoms with Gasteiger partial charge in [0, 0.05) is 11.9 Å². The van der Waals surface area contributed by atoms with Gasteiger partial charge in [-0.25, -0.2) is 0 Å². The van der Waals surface area contributed by atoms with Crippen molar-refractivity contribution in [1.82, 2.24) is 14.8 Å². The number of carbonyl (C=O) groups is 1. The molecule has 1 aliphatic rings. The first-order valence-electron chi connectivity index (χ1n) is 12.0. The van der Waals surface area contributed by atoms with E-state index in [0.29, 0.717) is 21.5 Å². The summed E-state index contributed by atoms with van der Waals surface area (Å²) in [5.74, 6) is 1.52. The van der Waals surface area contributed by atoms with Crippen molar-refractivity contribution < 1.29 is 9.53 Å². The summed E-state index contributed by atoms with van der Waals surface area (Å²) in [4.78, 5) is 14.0. The Morgan fingerprint density at radius 1 is 1.23 bits per heavy atom. The minimum Gasteiger partial charge on any atom is -0.483 e. The summed E-state index contributed by atoms with van der Waals surface area (Å²) in [6, 6.07) is 8.34. The van der Waals surface area contributed by atoms with Crippen molar-refractivity contribution in [1.29, 1.82) is 5.26 Å². The number of rotatable bonds is 7. The van der Waals surface area contributed by atoms with Crippen molar-refractivity contribution in [2.75, 3.05) is 11.1 Å². The molecule has 35 heavy (non-hydrogen) atoms. The zero-order valence-electron chi connectivity index (χ0n) is 20.7. The van der Waals surface area contributed by atoms with Crippen LogP contribution in [-0.4, -0.2) is 26.4 Å². The largest absolute Gasteiger partial charge is 0.483 e. The molecule has 2 heterocycles. The Balaban J connectivity index is 1.38. The van der Waals surface area contributed by atoms with Crippen LogP contribution in [0.15, 0.2) is 23.4 Å². The fourth-order valence-corrected chi connectivity index (χ4v) is 6.24. The van der Waals surface area contributed by atoms with Gasteiger partial charge in [-0.05, 0) is 75.3 Å². The molecule has 0 bridgehead atoms. The van der Waals surface area contributed by atoms with Gasteiger partial charge in [0.05, 0.1) is 11.3 Å². The third-order valence-electron chi connectivity index (χ3n) is 6.39. The van der Waals surface area contributed by atoms with Crippen molar-refractivity contribution in [3.8, 4) is 11.8 Å². The van der Waals surface area contributed by atoms with Crippen LogP contribution in [0.1, 0.15) is 71.7 Å². The molecule has 0 saturated carbocycles. The van der Waals surface area contributed by atoms with Crippen LogP contribution in [0.4, 0.5) is 5.00 Å². The smallest absolute Gasteiger partial charge is 0.235 e. The lowest BCUT2D eigenvalue weighted by Crippen LogP contribution is -2.15. The van der Waals surface area contributed by atoms with Gasteiger partial charge >= 0.3 is 0 Å². The number of thioether (sulfide) groups is 1. The molecule has 9 heteroatoms. The van der Waals surface area contributed by atoms with Gasteiger partial charge < -0.3 is 14.6 Å². The molecule has 0 saturated heterocycles. The Morgan fingerprint density at radius 2 is 2.00 bits per heavy atom. The Morgan fingerprint density at radius 3 is 2.74 bits per heavy atom. The van der Waals surface area contributed by atoms with E-state index in [1.807, 2.05) is 36.7 Å². The molecule has 1 atom stereocenters. The van der Waals surface area contributed by atoms with Crippen LogP contribution in [0, 0.1) is 25.2 Å². The third kappa shape index (κ3) is 5.88. The van der Waals surface area contributed by atoms with Crippen LogP contribution in [0.5, 0.6) is 5.75 Å². The number of anilines is 1. The summed E-state index contributed by atoms with van der Waals surface area (Å²) in [6.07, 6.45) is 6.29.